The molecule has 0 aliphatic heterocycles. The molecule has 4 nitrogen and oxygen atoms in total. The number of esters is 1. The Bertz CT molecular complexity index is 802. The highest BCUT2D eigenvalue weighted by atomic mass is 16.5. The molecule has 0 unspecified atom stereocenters. The fraction of sp³-hybridized carbons (Fsp3) is 0.158. The molecule has 0 aliphatic carbocycles. The van der Waals surface area contributed by atoms with Gasteiger partial charge in [0.15, 0.2) is 0 Å². The number of ether oxygens (including phenoxy) is 1. The molecule has 23 heavy (non-hydrogen) atoms. The maximum atomic E-state index is 11.5. The number of hydrogen-bond donors (Lipinski definition) is 0. The molecule has 0 atom stereocenters. The van der Waals surface area contributed by atoms with E-state index in [0.717, 1.165) is 17.0 Å². The van der Waals surface area contributed by atoms with Gasteiger partial charge in [-0.05, 0) is 24.6 Å². The van der Waals surface area contributed by atoms with Gasteiger partial charge < -0.3 is 9.30 Å². The van der Waals surface area contributed by atoms with E-state index in [1.165, 1.54) is 12.7 Å². The molecule has 4 heteroatoms. The van der Waals surface area contributed by atoms with Gasteiger partial charge in [0.2, 0.25) is 0 Å². The van der Waals surface area contributed by atoms with E-state index < -0.39 is 0 Å². The van der Waals surface area contributed by atoms with Crippen molar-refractivity contribution in [3.63, 3.8) is 0 Å². The fourth-order valence-electron chi connectivity index (χ4n) is 2.46. The van der Waals surface area contributed by atoms with Crippen LogP contribution in [0.25, 0.3) is 11.4 Å². The summed E-state index contributed by atoms with van der Waals surface area (Å²) in [5.74, 6) is 0.613. The molecule has 1 heterocycles. The van der Waals surface area contributed by atoms with Crippen molar-refractivity contribution in [2.45, 2.75) is 13.5 Å². The highest BCUT2D eigenvalue weighted by Gasteiger charge is 2.08. The van der Waals surface area contributed by atoms with Crippen LogP contribution in [0.2, 0.25) is 0 Å². The number of aryl methyl sites for hydroxylation is 1. The summed E-state index contributed by atoms with van der Waals surface area (Å²) >= 11 is 0. The first-order valence-corrected chi connectivity index (χ1v) is 7.43. The molecule has 2 aromatic carbocycles. The molecule has 3 rings (SSSR count). The lowest BCUT2D eigenvalue weighted by atomic mass is 10.1. The van der Waals surface area contributed by atoms with Crippen molar-refractivity contribution in [1.29, 1.82) is 0 Å². The lowest BCUT2D eigenvalue weighted by Gasteiger charge is -2.09. The van der Waals surface area contributed by atoms with E-state index in [1.807, 2.05) is 18.3 Å². The van der Waals surface area contributed by atoms with Gasteiger partial charge in [0.1, 0.15) is 5.82 Å². The Balaban J connectivity index is 1.83. The normalized spacial score (nSPS) is 10.5. The summed E-state index contributed by atoms with van der Waals surface area (Å²) in [4.78, 5) is 15.9. The van der Waals surface area contributed by atoms with Crippen LogP contribution in [-0.2, 0) is 11.3 Å². The van der Waals surface area contributed by atoms with Crippen molar-refractivity contribution in [2.24, 2.45) is 0 Å². The summed E-state index contributed by atoms with van der Waals surface area (Å²) in [6.45, 7) is 2.77. The first-order chi connectivity index (χ1) is 11.2. The lowest BCUT2D eigenvalue weighted by Crippen LogP contribution is -2.03. The predicted octanol–water partition coefficient (Wildman–Crippen LogP) is 3.69. The van der Waals surface area contributed by atoms with E-state index in [1.54, 1.807) is 18.3 Å². The summed E-state index contributed by atoms with van der Waals surface area (Å²) in [6.07, 6.45) is 3.77. The van der Waals surface area contributed by atoms with Crippen molar-refractivity contribution < 1.29 is 9.53 Å². The minimum absolute atomic E-state index is 0.320. The zero-order valence-corrected chi connectivity index (χ0v) is 13.2. The predicted molar refractivity (Wildman–Crippen MR) is 89.3 cm³/mol. The summed E-state index contributed by atoms with van der Waals surface area (Å²) in [5, 5.41) is 0. The number of benzene rings is 2. The summed E-state index contributed by atoms with van der Waals surface area (Å²) in [5.41, 5.74) is 3.97. The Morgan fingerprint density at radius 3 is 2.43 bits per heavy atom. The van der Waals surface area contributed by atoms with Gasteiger partial charge in [0.05, 0.1) is 12.7 Å². The summed E-state index contributed by atoms with van der Waals surface area (Å²) in [7, 11) is 1.38. The monoisotopic (exact) mass is 306 g/mol. The molecule has 0 N–H and O–H groups in total. The molecule has 0 fully saturated rings. The molecule has 0 saturated carbocycles. The Labute approximate surface area is 135 Å². The van der Waals surface area contributed by atoms with Crippen molar-refractivity contribution >= 4 is 5.97 Å². The molecule has 0 spiro atoms. The molecule has 3 aromatic rings. The van der Waals surface area contributed by atoms with E-state index in [-0.39, 0.29) is 5.97 Å². The molecule has 0 amide bonds. The minimum atomic E-state index is -0.320. The summed E-state index contributed by atoms with van der Waals surface area (Å²) in [6, 6.07) is 15.8. The van der Waals surface area contributed by atoms with Crippen molar-refractivity contribution in [1.82, 2.24) is 9.55 Å². The standard InChI is InChI=1S/C19H18N2O2/c1-14-3-7-16(8-4-14)18-20-11-12-21(18)13-15-5-9-17(10-6-15)19(22)23-2/h3-12H,13H2,1-2H3. The Kier molecular flexibility index (Phi) is 4.24. The average molecular weight is 306 g/mol. The molecule has 0 radical (unpaired) electrons. The molecule has 0 bridgehead atoms. The van der Waals surface area contributed by atoms with Crippen LogP contribution >= 0.6 is 0 Å². The Morgan fingerprint density at radius 1 is 1.09 bits per heavy atom. The maximum Gasteiger partial charge on any atom is 0.337 e. The Hall–Kier alpha value is -2.88. The third-order valence-corrected chi connectivity index (χ3v) is 3.75. The molecule has 1 aromatic heterocycles. The third-order valence-electron chi connectivity index (χ3n) is 3.75. The molecule has 116 valence electrons. The van der Waals surface area contributed by atoms with Crippen LogP contribution in [0.15, 0.2) is 60.9 Å². The van der Waals surface area contributed by atoms with Crippen LogP contribution in [0, 0.1) is 6.92 Å². The Morgan fingerprint density at radius 2 is 1.78 bits per heavy atom. The molecular weight excluding hydrogens is 288 g/mol. The van der Waals surface area contributed by atoms with E-state index >= 15 is 0 Å². The van der Waals surface area contributed by atoms with Crippen LogP contribution in [0.4, 0.5) is 0 Å². The average Bonchev–Trinajstić information content (AvgIpc) is 3.03. The number of imidazole rings is 1. The number of nitrogens with zero attached hydrogens (tertiary/aromatic N) is 2. The highest BCUT2D eigenvalue weighted by molar-refractivity contribution is 5.89. The summed E-state index contributed by atoms with van der Waals surface area (Å²) < 4.78 is 6.81. The number of methoxy groups -OCH3 is 1. The van der Waals surface area contributed by atoms with Gasteiger partial charge in [-0.2, -0.15) is 0 Å². The fourth-order valence-corrected chi connectivity index (χ4v) is 2.46. The lowest BCUT2D eigenvalue weighted by molar-refractivity contribution is 0.0600. The van der Waals surface area contributed by atoms with Crippen LogP contribution in [0.1, 0.15) is 21.5 Å². The van der Waals surface area contributed by atoms with Gasteiger partial charge >= 0.3 is 5.97 Å². The van der Waals surface area contributed by atoms with Gasteiger partial charge in [-0.1, -0.05) is 42.0 Å². The van der Waals surface area contributed by atoms with Crippen molar-refractivity contribution in [3.05, 3.63) is 77.6 Å². The number of rotatable bonds is 4. The number of aromatic nitrogens is 2. The highest BCUT2D eigenvalue weighted by Crippen LogP contribution is 2.19. The maximum absolute atomic E-state index is 11.5. The van der Waals surface area contributed by atoms with Crippen LogP contribution in [0.3, 0.4) is 0 Å². The second-order valence-electron chi connectivity index (χ2n) is 5.43. The van der Waals surface area contributed by atoms with Gasteiger partial charge in [-0.3, -0.25) is 0 Å². The largest absolute Gasteiger partial charge is 0.465 e. The first kappa shape index (κ1) is 15.0. The number of carbonyl (C=O) groups excluding carboxylic acids is 1. The minimum Gasteiger partial charge on any atom is -0.465 e. The number of carbonyl (C=O) groups is 1. The number of hydrogen-bond acceptors (Lipinski definition) is 3. The van der Waals surface area contributed by atoms with E-state index in [4.69, 9.17) is 4.74 Å². The topological polar surface area (TPSA) is 44.1 Å². The van der Waals surface area contributed by atoms with Crippen molar-refractivity contribution in [3.8, 4) is 11.4 Å². The van der Waals surface area contributed by atoms with Crippen LogP contribution in [0.5, 0.6) is 0 Å². The quantitative estimate of drug-likeness (QED) is 0.690. The van der Waals surface area contributed by atoms with E-state index in [9.17, 15) is 4.79 Å². The van der Waals surface area contributed by atoms with Gasteiger partial charge in [0.25, 0.3) is 0 Å². The van der Waals surface area contributed by atoms with Gasteiger partial charge in [0, 0.05) is 24.5 Å². The molecule has 0 saturated heterocycles. The second kappa shape index (κ2) is 6.48. The van der Waals surface area contributed by atoms with Gasteiger partial charge in [-0.15, -0.1) is 0 Å². The zero-order valence-electron chi connectivity index (χ0n) is 13.2. The molecular formula is C19H18N2O2. The zero-order chi connectivity index (χ0) is 16.2. The van der Waals surface area contributed by atoms with E-state index in [0.29, 0.717) is 12.1 Å². The van der Waals surface area contributed by atoms with Crippen LogP contribution in [-0.4, -0.2) is 22.6 Å². The smallest absolute Gasteiger partial charge is 0.337 e. The van der Waals surface area contributed by atoms with Crippen LogP contribution < -0.4 is 0 Å². The third kappa shape index (κ3) is 3.31. The SMILES string of the molecule is COC(=O)c1ccc(Cn2ccnc2-c2ccc(C)cc2)cc1. The van der Waals surface area contributed by atoms with Crippen molar-refractivity contribution in [2.75, 3.05) is 7.11 Å². The van der Waals surface area contributed by atoms with E-state index in [2.05, 4.69) is 40.7 Å². The van der Waals surface area contributed by atoms with Gasteiger partial charge in [-0.25, -0.2) is 9.78 Å². The second-order valence-corrected chi connectivity index (χ2v) is 5.43. The first-order valence-electron chi connectivity index (χ1n) is 7.43. The molecule has 0 aliphatic rings.